The van der Waals surface area contributed by atoms with Gasteiger partial charge in [0.1, 0.15) is 11.5 Å². The molecule has 2 aliphatic heterocycles. The molecule has 2 fully saturated rings. The number of likely N-dealkylation sites (N-methyl/N-ethyl adjacent to an activating group) is 2. The van der Waals surface area contributed by atoms with E-state index in [1.807, 2.05) is 0 Å². The Morgan fingerprint density at radius 3 is 2.00 bits per heavy atom. The normalized spacial score (nSPS) is 30.8. The van der Waals surface area contributed by atoms with E-state index in [4.69, 9.17) is 4.74 Å². The Hall–Kier alpha value is -0.750. The summed E-state index contributed by atoms with van der Waals surface area (Å²) in [4.78, 5) is 27.2. The fourth-order valence-electron chi connectivity index (χ4n) is 2.59. The SMILES string of the molecule is COC1CSC12N(C)C(=O)C(C)(C)C(=O)N2C. The Bertz CT molecular complexity index is 357. The van der Waals surface area contributed by atoms with Crippen molar-refractivity contribution in [2.24, 2.45) is 5.41 Å². The van der Waals surface area contributed by atoms with Crippen molar-refractivity contribution >= 4 is 23.6 Å². The molecule has 0 bridgehead atoms. The first kappa shape index (κ1) is 12.7. The average Bonchev–Trinajstić information content (AvgIpc) is 2.24. The summed E-state index contributed by atoms with van der Waals surface area (Å²) >= 11 is 1.57. The van der Waals surface area contributed by atoms with Gasteiger partial charge in [0.15, 0.2) is 4.99 Å². The monoisotopic (exact) mass is 258 g/mol. The third-order valence-electron chi connectivity index (χ3n) is 3.79. The second-order valence-electron chi connectivity index (χ2n) is 5.05. The van der Waals surface area contributed by atoms with Gasteiger partial charge in [-0.25, -0.2) is 0 Å². The van der Waals surface area contributed by atoms with Crippen molar-refractivity contribution in [3.63, 3.8) is 0 Å². The molecule has 0 aliphatic carbocycles. The number of nitrogens with zero attached hydrogens (tertiary/aromatic N) is 2. The number of hydrogen-bond acceptors (Lipinski definition) is 4. The average molecular weight is 258 g/mol. The summed E-state index contributed by atoms with van der Waals surface area (Å²) in [6.07, 6.45) is -0.119. The number of ether oxygens (including phenoxy) is 1. The Balaban J connectivity index is 2.43. The Morgan fingerprint density at radius 2 is 1.71 bits per heavy atom. The molecule has 17 heavy (non-hydrogen) atoms. The second kappa shape index (κ2) is 3.62. The first-order valence-corrected chi connectivity index (χ1v) is 6.52. The van der Waals surface area contributed by atoms with Crippen LogP contribution in [0.25, 0.3) is 0 Å². The minimum absolute atomic E-state index is 0.119. The van der Waals surface area contributed by atoms with E-state index in [0.717, 1.165) is 5.75 Å². The fourth-order valence-corrected chi connectivity index (χ4v) is 3.98. The Morgan fingerprint density at radius 1 is 1.24 bits per heavy atom. The first-order valence-electron chi connectivity index (χ1n) is 5.53. The summed E-state index contributed by atoms with van der Waals surface area (Å²) in [5.41, 5.74) is -0.983. The van der Waals surface area contributed by atoms with E-state index in [-0.39, 0.29) is 17.9 Å². The molecule has 0 aromatic rings. The number of thioether (sulfide) groups is 1. The van der Waals surface area contributed by atoms with Gasteiger partial charge in [-0.3, -0.25) is 9.59 Å². The van der Waals surface area contributed by atoms with Gasteiger partial charge in [-0.05, 0) is 13.8 Å². The van der Waals surface area contributed by atoms with Gasteiger partial charge < -0.3 is 14.5 Å². The van der Waals surface area contributed by atoms with Crippen LogP contribution in [0.5, 0.6) is 0 Å². The maximum Gasteiger partial charge on any atom is 0.240 e. The predicted octanol–water partition coefficient (Wildman–Crippen LogP) is 0.359. The van der Waals surface area contributed by atoms with Crippen molar-refractivity contribution in [2.75, 3.05) is 27.0 Å². The maximum atomic E-state index is 12.3. The summed E-state index contributed by atoms with van der Waals surface area (Å²) in [6, 6.07) is 0. The highest BCUT2D eigenvalue weighted by atomic mass is 32.2. The van der Waals surface area contributed by atoms with Gasteiger partial charge in [-0.2, -0.15) is 0 Å². The molecule has 0 radical (unpaired) electrons. The van der Waals surface area contributed by atoms with Crippen LogP contribution in [0, 0.1) is 5.41 Å². The Kier molecular flexibility index (Phi) is 2.70. The minimum atomic E-state index is -0.983. The van der Waals surface area contributed by atoms with Crippen LogP contribution in [0.15, 0.2) is 0 Å². The summed E-state index contributed by atoms with van der Waals surface area (Å²) in [6.45, 7) is 3.34. The zero-order valence-electron chi connectivity index (χ0n) is 10.8. The molecule has 2 saturated heterocycles. The molecule has 0 aromatic heterocycles. The van der Waals surface area contributed by atoms with E-state index in [9.17, 15) is 9.59 Å². The lowest BCUT2D eigenvalue weighted by molar-refractivity contribution is -0.184. The Labute approximate surface area is 105 Å². The van der Waals surface area contributed by atoms with Crippen molar-refractivity contribution < 1.29 is 14.3 Å². The molecule has 1 atom stereocenters. The van der Waals surface area contributed by atoms with Crippen LogP contribution >= 0.6 is 11.8 Å². The summed E-state index contributed by atoms with van der Waals surface area (Å²) < 4.78 is 5.38. The van der Waals surface area contributed by atoms with Crippen LogP contribution in [0.4, 0.5) is 0 Å². The van der Waals surface area contributed by atoms with Crippen LogP contribution in [-0.4, -0.2) is 59.7 Å². The lowest BCUT2D eigenvalue weighted by atomic mass is 9.86. The van der Waals surface area contributed by atoms with Gasteiger partial charge >= 0.3 is 0 Å². The van der Waals surface area contributed by atoms with Gasteiger partial charge in [-0.15, -0.1) is 11.8 Å². The van der Waals surface area contributed by atoms with Crippen LogP contribution in [0.3, 0.4) is 0 Å². The molecule has 0 aromatic carbocycles. The molecule has 2 amide bonds. The summed E-state index contributed by atoms with van der Waals surface area (Å²) in [7, 11) is 5.10. The van der Waals surface area contributed by atoms with Crippen LogP contribution in [0.1, 0.15) is 13.8 Å². The highest BCUT2D eigenvalue weighted by molar-refractivity contribution is 8.02. The van der Waals surface area contributed by atoms with Crippen molar-refractivity contribution in [3.8, 4) is 0 Å². The molecular weight excluding hydrogens is 240 g/mol. The number of rotatable bonds is 1. The number of amides is 2. The number of hydrogen-bond donors (Lipinski definition) is 0. The highest BCUT2D eigenvalue weighted by Gasteiger charge is 2.64. The molecule has 2 rings (SSSR count). The molecule has 2 aliphatic rings. The minimum Gasteiger partial charge on any atom is -0.375 e. The van der Waals surface area contributed by atoms with Gasteiger partial charge in [0.2, 0.25) is 11.8 Å². The third kappa shape index (κ3) is 1.31. The van der Waals surface area contributed by atoms with Gasteiger partial charge in [0.25, 0.3) is 0 Å². The molecule has 1 spiro atoms. The second-order valence-corrected chi connectivity index (χ2v) is 6.27. The van der Waals surface area contributed by atoms with E-state index in [1.165, 1.54) is 0 Å². The van der Waals surface area contributed by atoms with Crippen LogP contribution in [0.2, 0.25) is 0 Å². The van der Waals surface area contributed by atoms with E-state index >= 15 is 0 Å². The molecule has 6 heteroatoms. The van der Waals surface area contributed by atoms with Crippen molar-refractivity contribution in [1.82, 2.24) is 9.80 Å². The highest BCUT2D eigenvalue weighted by Crippen LogP contribution is 2.51. The van der Waals surface area contributed by atoms with Gasteiger partial charge in [-0.1, -0.05) is 0 Å². The third-order valence-corrected chi connectivity index (χ3v) is 5.50. The fraction of sp³-hybridized carbons (Fsp3) is 0.818. The summed E-state index contributed by atoms with van der Waals surface area (Å²) in [5.74, 6) is 0.510. The van der Waals surface area contributed by atoms with E-state index in [1.54, 1.807) is 56.6 Å². The van der Waals surface area contributed by atoms with Crippen molar-refractivity contribution in [3.05, 3.63) is 0 Å². The standard InChI is InChI=1S/C11H18N2O3S/c1-10(2)8(14)12(3)11(13(4)9(10)15)7(16-5)6-17-11/h7H,6H2,1-5H3. The van der Waals surface area contributed by atoms with Gasteiger partial charge in [0.05, 0.1) is 0 Å². The lowest BCUT2D eigenvalue weighted by Gasteiger charge is -2.61. The van der Waals surface area contributed by atoms with E-state index in [0.29, 0.717) is 0 Å². The van der Waals surface area contributed by atoms with E-state index in [2.05, 4.69) is 0 Å². The van der Waals surface area contributed by atoms with E-state index < -0.39 is 10.4 Å². The molecule has 0 N–H and O–H groups in total. The van der Waals surface area contributed by atoms with Crippen LogP contribution < -0.4 is 0 Å². The maximum absolute atomic E-state index is 12.3. The zero-order chi connectivity index (χ0) is 13.0. The van der Waals surface area contributed by atoms with Gasteiger partial charge in [0, 0.05) is 27.0 Å². The quantitative estimate of drug-likeness (QED) is 0.637. The molecule has 2 heterocycles. The largest absolute Gasteiger partial charge is 0.375 e. The molecule has 0 saturated carbocycles. The molecule has 1 unspecified atom stereocenters. The molecule has 5 nitrogen and oxygen atoms in total. The smallest absolute Gasteiger partial charge is 0.240 e. The lowest BCUT2D eigenvalue weighted by Crippen LogP contribution is -2.78. The zero-order valence-corrected chi connectivity index (χ0v) is 11.6. The van der Waals surface area contributed by atoms with Crippen molar-refractivity contribution in [2.45, 2.75) is 24.9 Å². The topological polar surface area (TPSA) is 49.9 Å². The van der Waals surface area contributed by atoms with Crippen molar-refractivity contribution in [1.29, 1.82) is 0 Å². The van der Waals surface area contributed by atoms with Crippen LogP contribution in [-0.2, 0) is 14.3 Å². The summed E-state index contributed by atoms with van der Waals surface area (Å²) in [5, 5.41) is 0. The number of carbonyl (C=O) groups is 2. The number of methoxy groups -OCH3 is 1. The first-order chi connectivity index (χ1) is 7.80. The predicted molar refractivity (Wildman–Crippen MR) is 65.3 cm³/mol. The number of carbonyl (C=O) groups excluding carboxylic acids is 2. The molecule has 96 valence electrons. The molecular formula is C11H18N2O3S.